The summed E-state index contributed by atoms with van der Waals surface area (Å²) in [6, 6.07) is 0. The lowest BCUT2D eigenvalue weighted by Crippen LogP contribution is -2.31. The zero-order chi connectivity index (χ0) is 7.11. The van der Waals surface area contributed by atoms with E-state index in [-0.39, 0.29) is 0 Å². The Morgan fingerprint density at radius 3 is 2.89 bits per heavy atom. The molecule has 0 amide bonds. The van der Waals surface area contributed by atoms with Crippen molar-refractivity contribution >= 4 is 0 Å². The lowest BCUT2D eigenvalue weighted by molar-refractivity contribution is 0.305. The van der Waals surface area contributed by atoms with Crippen LogP contribution in [-0.4, -0.2) is 18.1 Å². The molecule has 0 bridgehead atoms. The molecule has 0 aliphatic carbocycles. The minimum absolute atomic E-state index is 0.888. The highest BCUT2D eigenvalue weighted by molar-refractivity contribution is 4.75. The molecule has 0 rings (SSSR count). The van der Waals surface area contributed by atoms with E-state index in [1.807, 2.05) is 13.0 Å². The predicted molar refractivity (Wildman–Crippen MR) is 39.8 cm³/mol. The summed E-state index contributed by atoms with van der Waals surface area (Å²) < 4.78 is 0. The molecule has 0 unspecified atom stereocenters. The van der Waals surface area contributed by atoms with Gasteiger partial charge in [0.25, 0.3) is 0 Å². The van der Waals surface area contributed by atoms with E-state index < -0.39 is 0 Å². The first-order chi connectivity index (χ1) is 4.31. The van der Waals surface area contributed by atoms with Gasteiger partial charge in [-0.15, -0.1) is 5.73 Å². The molecule has 2 nitrogen and oxygen atoms in total. The zero-order valence-corrected chi connectivity index (χ0v) is 5.93. The maximum atomic E-state index is 5.48. The van der Waals surface area contributed by atoms with E-state index in [2.05, 4.69) is 12.3 Å². The smallest absolute Gasteiger partial charge is 0.0169 e. The molecule has 52 valence electrons. The van der Waals surface area contributed by atoms with Crippen LogP contribution in [0.5, 0.6) is 0 Å². The van der Waals surface area contributed by atoms with Gasteiger partial charge in [-0.3, -0.25) is 5.84 Å². The Bertz CT molecular complexity index is 103. The predicted octanol–water partition coefficient (Wildman–Crippen LogP) is 0.913. The molecule has 0 fully saturated rings. The highest BCUT2D eigenvalue weighted by Gasteiger charge is 1.88. The molecular weight excluding hydrogens is 112 g/mol. The van der Waals surface area contributed by atoms with Crippen molar-refractivity contribution in [2.45, 2.75) is 13.3 Å². The van der Waals surface area contributed by atoms with Gasteiger partial charge in [-0.05, 0) is 12.5 Å². The van der Waals surface area contributed by atoms with Gasteiger partial charge in [-0.25, -0.2) is 5.01 Å². The van der Waals surface area contributed by atoms with Crippen molar-refractivity contribution in [3.63, 3.8) is 0 Å². The Kier molecular flexibility index (Phi) is 5.23. The lowest BCUT2D eigenvalue weighted by atomic mass is 10.4. The van der Waals surface area contributed by atoms with Gasteiger partial charge in [0.2, 0.25) is 0 Å². The molecule has 0 saturated carbocycles. The van der Waals surface area contributed by atoms with Crippen molar-refractivity contribution in [3.05, 3.63) is 18.4 Å². The summed E-state index contributed by atoms with van der Waals surface area (Å²) in [4.78, 5) is 0. The lowest BCUT2D eigenvalue weighted by Gasteiger charge is -2.10. The van der Waals surface area contributed by atoms with Gasteiger partial charge in [0.1, 0.15) is 0 Å². The van der Waals surface area contributed by atoms with Gasteiger partial charge in [-0.1, -0.05) is 13.5 Å². The number of hydrazine groups is 1. The molecule has 0 aromatic rings. The van der Waals surface area contributed by atoms with Crippen molar-refractivity contribution in [3.8, 4) is 0 Å². The topological polar surface area (TPSA) is 29.3 Å². The molecule has 9 heavy (non-hydrogen) atoms. The first-order valence-electron chi connectivity index (χ1n) is 3.15. The largest absolute Gasteiger partial charge is 0.269 e. The third-order valence-electron chi connectivity index (χ3n) is 1.11. The highest BCUT2D eigenvalue weighted by atomic mass is 15.4. The van der Waals surface area contributed by atoms with Crippen molar-refractivity contribution in [2.24, 2.45) is 5.84 Å². The fourth-order valence-corrected chi connectivity index (χ4v) is 0.491. The second-order valence-corrected chi connectivity index (χ2v) is 1.83. The van der Waals surface area contributed by atoms with Crippen molar-refractivity contribution < 1.29 is 0 Å². The van der Waals surface area contributed by atoms with Crippen molar-refractivity contribution in [2.75, 3.05) is 13.1 Å². The minimum Gasteiger partial charge on any atom is -0.269 e. The maximum Gasteiger partial charge on any atom is 0.0169 e. The molecule has 0 saturated heterocycles. The molecule has 0 spiro atoms. The minimum atomic E-state index is 0.888. The second kappa shape index (κ2) is 5.57. The molecule has 0 aromatic carbocycles. The summed E-state index contributed by atoms with van der Waals surface area (Å²) in [7, 11) is 0. The Hall–Kier alpha value is -0.560. The van der Waals surface area contributed by atoms with Crippen molar-refractivity contribution in [1.82, 2.24) is 5.01 Å². The summed E-state index contributed by atoms with van der Waals surface area (Å²) >= 11 is 0. The number of nitrogens with zero attached hydrogens (tertiary/aromatic N) is 1. The van der Waals surface area contributed by atoms with Gasteiger partial charge >= 0.3 is 0 Å². The molecule has 0 aliphatic rings. The third kappa shape index (κ3) is 5.31. The molecule has 2 heteroatoms. The number of rotatable bonds is 4. The number of hydrogen-bond donors (Lipinski definition) is 1. The van der Waals surface area contributed by atoms with E-state index >= 15 is 0 Å². The quantitative estimate of drug-likeness (QED) is 0.345. The fourth-order valence-electron chi connectivity index (χ4n) is 0.491. The molecule has 0 aliphatic heterocycles. The number of hydrogen-bond acceptors (Lipinski definition) is 2. The average Bonchev–Trinajstić information content (AvgIpc) is 1.89. The fraction of sp³-hybridized carbons (Fsp3) is 0.571. The van der Waals surface area contributed by atoms with Crippen LogP contribution < -0.4 is 5.84 Å². The Morgan fingerprint density at radius 1 is 1.78 bits per heavy atom. The molecule has 0 atom stereocenters. The van der Waals surface area contributed by atoms with Gasteiger partial charge in [-0.2, -0.15) is 0 Å². The monoisotopic (exact) mass is 126 g/mol. The molecule has 0 radical (unpaired) electrons. The van der Waals surface area contributed by atoms with Crippen molar-refractivity contribution in [1.29, 1.82) is 0 Å². The van der Waals surface area contributed by atoms with Crippen LogP contribution in [-0.2, 0) is 0 Å². The number of nitrogens with two attached hydrogens (primary N) is 1. The van der Waals surface area contributed by atoms with E-state index in [9.17, 15) is 0 Å². The third-order valence-corrected chi connectivity index (χ3v) is 1.11. The zero-order valence-electron chi connectivity index (χ0n) is 5.93. The summed E-state index contributed by atoms with van der Waals surface area (Å²) in [6.45, 7) is 7.25. The van der Waals surface area contributed by atoms with Crippen LogP contribution >= 0.6 is 0 Å². The van der Waals surface area contributed by atoms with E-state index in [1.165, 1.54) is 0 Å². The van der Waals surface area contributed by atoms with E-state index in [0.717, 1.165) is 19.5 Å². The first-order valence-corrected chi connectivity index (χ1v) is 3.15. The molecular formula is C7H14N2. The van der Waals surface area contributed by atoms with Crippen LogP contribution in [0.1, 0.15) is 13.3 Å². The summed E-state index contributed by atoms with van der Waals surface area (Å²) in [5.74, 6) is 5.48. The van der Waals surface area contributed by atoms with Crippen LogP contribution in [0.3, 0.4) is 0 Å². The van der Waals surface area contributed by atoms with E-state index in [4.69, 9.17) is 5.84 Å². The Labute approximate surface area is 56.6 Å². The highest BCUT2D eigenvalue weighted by Crippen LogP contribution is 1.82. The summed E-state index contributed by atoms with van der Waals surface area (Å²) in [5, 5.41) is 1.76. The maximum absolute atomic E-state index is 5.48. The van der Waals surface area contributed by atoms with E-state index in [0.29, 0.717) is 0 Å². The Balaban J connectivity index is 3.16. The van der Waals surface area contributed by atoms with E-state index in [1.54, 1.807) is 5.01 Å². The Morgan fingerprint density at radius 2 is 2.44 bits per heavy atom. The summed E-state index contributed by atoms with van der Waals surface area (Å²) in [5.41, 5.74) is 2.69. The SMILES string of the molecule is C=C=CCCN(N)CC. The second-order valence-electron chi connectivity index (χ2n) is 1.83. The molecule has 0 aromatic heterocycles. The van der Waals surface area contributed by atoms with Crippen LogP contribution in [0.4, 0.5) is 0 Å². The molecule has 2 N–H and O–H groups in total. The van der Waals surface area contributed by atoms with Crippen LogP contribution in [0.15, 0.2) is 18.4 Å². The first kappa shape index (κ1) is 8.44. The van der Waals surface area contributed by atoms with Gasteiger partial charge in [0, 0.05) is 13.1 Å². The average molecular weight is 126 g/mol. The van der Waals surface area contributed by atoms with Crippen LogP contribution in [0, 0.1) is 0 Å². The normalized spacial score (nSPS) is 9.22. The van der Waals surface area contributed by atoms with Gasteiger partial charge in [0.05, 0.1) is 0 Å². The van der Waals surface area contributed by atoms with Crippen LogP contribution in [0.2, 0.25) is 0 Å². The van der Waals surface area contributed by atoms with Gasteiger partial charge in [0.15, 0.2) is 0 Å². The standard InChI is InChI=1S/C7H14N2/c1-3-5-6-7-9(8)4-2/h5H,1,4,6-8H2,2H3. The van der Waals surface area contributed by atoms with Gasteiger partial charge < -0.3 is 0 Å². The van der Waals surface area contributed by atoms with Crippen LogP contribution in [0.25, 0.3) is 0 Å². The molecule has 0 heterocycles. The summed E-state index contributed by atoms with van der Waals surface area (Å²) in [6.07, 6.45) is 2.82.